The smallest absolute Gasteiger partial charge is 0.189 e. The summed E-state index contributed by atoms with van der Waals surface area (Å²) in [6.45, 7) is 0. The lowest BCUT2D eigenvalue weighted by Crippen LogP contribution is -1.97. The average molecular weight is 326 g/mol. The third kappa shape index (κ3) is 2.47. The van der Waals surface area contributed by atoms with Crippen LogP contribution in [0.1, 0.15) is 5.56 Å². The number of hydrogen-bond acceptors (Lipinski definition) is 6. The normalized spacial score (nSPS) is 10.5. The average Bonchev–Trinajstić information content (AvgIpc) is 3.03. The first-order valence-corrected chi connectivity index (χ1v) is 8.00. The fourth-order valence-corrected chi connectivity index (χ4v) is 2.83. The predicted octanol–water partition coefficient (Wildman–Crippen LogP) is 3.24. The SMILES string of the molecule is COc1cccc(-c2nc(SC)nc3[nH]cc(C#N)c23)c1OC. The van der Waals surface area contributed by atoms with Gasteiger partial charge in [-0.05, 0) is 18.4 Å². The summed E-state index contributed by atoms with van der Waals surface area (Å²) in [5.41, 5.74) is 2.52. The van der Waals surface area contributed by atoms with Gasteiger partial charge in [-0.15, -0.1) is 0 Å². The van der Waals surface area contributed by atoms with Crippen molar-refractivity contribution in [3.63, 3.8) is 0 Å². The Balaban J connectivity index is 2.40. The lowest BCUT2D eigenvalue weighted by atomic mass is 10.1. The minimum absolute atomic E-state index is 0.493. The number of methoxy groups -OCH3 is 2. The Hall–Kier alpha value is -2.72. The van der Waals surface area contributed by atoms with E-state index in [0.29, 0.717) is 38.9 Å². The number of para-hydroxylation sites is 1. The van der Waals surface area contributed by atoms with E-state index in [0.717, 1.165) is 5.56 Å². The van der Waals surface area contributed by atoms with Crippen LogP contribution < -0.4 is 9.47 Å². The summed E-state index contributed by atoms with van der Waals surface area (Å²) < 4.78 is 10.9. The van der Waals surface area contributed by atoms with Crippen LogP contribution in [0.15, 0.2) is 29.6 Å². The molecule has 0 aliphatic rings. The number of hydrogen-bond donors (Lipinski definition) is 1. The molecule has 0 bridgehead atoms. The minimum Gasteiger partial charge on any atom is -0.493 e. The van der Waals surface area contributed by atoms with Crippen LogP contribution in [0.2, 0.25) is 0 Å². The molecule has 1 aromatic carbocycles. The van der Waals surface area contributed by atoms with Crippen molar-refractivity contribution in [2.45, 2.75) is 5.16 Å². The Bertz CT molecular complexity index is 914. The number of rotatable bonds is 4. The zero-order chi connectivity index (χ0) is 16.4. The number of thioether (sulfide) groups is 1. The Labute approximate surface area is 137 Å². The molecular formula is C16H14N4O2S. The van der Waals surface area contributed by atoms with Crippen molar-refractivity contribution < 1.29 is 9.47 Å². The van der Waals surface area contributed by atoms with E-state index in [1.54, 1.807) is 20.4 Å². The molecule has 0 saturated carbocycles. The first-order valence-electron chi connectivity index (χ1n) is 6.78. The van der Waals surface area contributed by atoms with Gasteiger partial charge < -0.3 is 14.5 Å². The maximum atomic E-state index is 9.36. The van der Waals surface area contributed by atoms with Crippen LogP contribution in [0.5, 0.6) is 11.5 Å². The van der Waals surface area contributed by atoms with E-state index >= 15 is 0 Å². The molecule has 1 N–H and O–H groups in total. The van der Waals surface area contributed by atoms with Crippen molar-refractivity contribution >= 4 is 22.8 Å². The number of benzene rings is 1. The first-order chi connectivity index (χ1) is 11.2. The summed E-state index contributed by atoms with van der Waals surface area (Å²) in [6.07, 6.45) is 3.54. The highest BCUT2D eigenvalue weighted by molar-refractivity contribution is 7.98. The topological polar surface area (TPSA) is 83.8 Å². The number of nitriles is 1. The molecule has 116 valence electrons. The van der Waals surface area contributed by atoms with Crippen LogP contribution in [0.25, 0.3) is 22.3 Å². The van der Waals surface area contributed by atoms with E-state index in [4.69, 9.17) is 9.47 Å². The molecule has 0 amide bonds. The molecule has 0 spiro atoms. The predicted molar refractivity (Wildman–Crippen MR) is 88.9 cm³/mol. The number of aromatic amines is 1. The van der Waals surface area contributed by atoms with Crippen molar-refractivity contribution in [2.24, 2.45) is 0 Å². The molecule has 0 radical (unpaired) electrons. The zero-order valence-corrected chi connectivity index (χ0v) is 13.7. The molecule has 0 aliphatic carbocycles. The van der Waals surface area contributed by atoms with Gasteiger partial charge in [-0.1, -0.05) is 17.8 Å². The third-order valence-electron chi connectivity index (χ3n) is 3.47. The molecule has 2 heterocycles. The quantitative estimate of drug-likeness (QED) is 0.585. The Morgan fingerprint density at radius 3 is 2.70 bits per heavy atom. The summed E-state index contributed by atoms with van der Waals surface area (Å²) in [4.78, 5) is 12.1. The summed E-state index contributed by atoms with van der Waals surface area (Å²) in [7, 11) is 3.17. The maximum absolute atomic E-state index is 9.36. The highest BCUT2D eigenvalue weighted by atomic mass is 32.2. The van der Waals surface area contributed by atoms with Crippen LogP contribution in [0.4, 0.5) is 0 Å². The second kappa shape index (κ2) is 6.18. The van der Waals surface area contributed by atoms with E-state index in [-0.39, 0.29) is 0 Å². The van der Waals surface area contributed by atoms with Gasteiger partial charge in [0.2, 0.25) is 0 Å². The molecule has 0 atom stereocenters. The van der Waals surface area contributed by atoms with Gasteiger partial charge in [0.15, 0.2) is 16.7 Å². The van der Waals surface area contributed by atoms with Crippen LogP contribution in [-0.4, -0.2) is 35.4 Å². The van der Waals surface area contributed by atoms with Crippen molar-refractivity contribution in [1.82, 2.24) is 15.0 Å². The maximum Gasteiger partial charge on any atom is 0.189 e. The van der Waals surface area contributed by atoms with Crippen molar-refractivity contribution in [1.29, 1.82) is 5.26 Å². The summed E-state index contributed by atoms with van der Waals surface area (Å²) >= 11 is 1.44. The minimum atomic E-state index is 0.493. The number of fused-ring (bicyclic) bond motifs is 1. The molecule has 23 heavy (non-hydrogen) atoms. The molecular weight excluding hydrogens is 312 g/mol. The fraction of sp³-hybridized carbons (Fsp3) is 0.188. The van der Waals surface area contributed by atoms with E-state index < -0.39 is 0 Å². The molecule has 6 nitrogen and oxygen atoms in total. The van der Waals surface area contributed by atoms with Crippen molar-refractivity contribution in [3.8, 4) is 28.8 Å². The van der Waals surface area contributed by atoms with Gasteiger partial charge in [0.05, 0.1) is 30.9 Å². The number of aromatic nitrogens is 3. The highest BCUT2D eigenvalue weighted by Gasteiger charge is 2.20. The molecule has 3 rings (SSSR count). The molecule has 0 unspecified atom stereocenters. The molecule has 0 aliphatic heterocycles. The zero-order valence-electron chi connectivity index (χ0n) is 12.9. The second-order valence-electron chi connectivity index (χ2n) is 4.64. The highest BCUT2D eigenvalue weighted by Crippen LogP contribution is 2.40. The summed E-state index contributed by atoms with van der Waals surface area (Å²) in [6, 6.07) is 7.74. The van der Waals surface area contributed by atoms with Crippen LogP contribution in [0.3, 0.4) is 0 Å². The van der Waals surface area contributed by atoms with Gasteiger partial charge in [-0.2, -0.15) is 5.26 Å². The fourth-order valence-electron chi connectivity index (χ4n) is 2.46. The first kappa shape index (κ1) is 15.2. The Morgan fingerprint density at radius 2 is 2.04 bits per heavy atom. The monoisotopic (exact) mass is 326 g/mol. The molecule has 0 fully saturated rings. The number of nitrogens with zero attached hydrogens (tertiary/aromatic N) is 3. The van der Waals surface area contributed by atoms with Crippen LogP contribution in [-0.2, 0) is 0 Å². The van der Waals surface area contributed by atoms with E-state index in [1.165, 1.54) is 11.8 Å². The summed E-state index contributed by atoms with van der Waals surface area (Å²) in [5, 5.41) is 10.7. The van der Waals surface area contributed by atoms with Gasteiger partial charge in [0.1, 0.15) is 11.7 Å². The number of ether oxygens (including phenoxy) is 2. The lowest BCUT2D eigenvalue weighted by Gasteiger charge is -2.13. The summed E-state index contributed by atoms with van der Waals surface area (Å²) in [5.74, 6) is 1.18. The van der Waals surface area contributed by atoms with Gasteiger partial charge >= 0.3 is 0 Å². The van der Waals surface area contributed by atoms with E-state index in [1.807, 2.05) is 24.5 Å². The van der Waals surface area contributed by atoms with Gasteiger partial charge in [0, 0.05) is 11.8 Å². The molecule has 0 saturated heterocycles. The largest absolute Gasteiger partial charge is 0.493 e. The van der Waals surface area contributed by atoms with Crippen molar-refractivity contribution in [3.05, 3.63) is 30.0 Å². The third-order valence-corrected chi connectivity index (χ3v) is 4.02. The number of nitrogens with one attached hydrogen (secondary N) is 1. The van der Waals surface area contributed by atoms with Crippen molar-refractivity contribution in [2.75, 3.05) is 20.5 Å². The Morgan fingerprint density at radius 1 is 1.22 bits per heavy atom. The van der Waals surface area contributed by atoms with Crippen LogP contribution in [0, 0.1) is 11.3 Å². The van der Waals surface area contributed by atoms with E-state index in [9.17, 15) is 5.26 Å². The number of H-pyrrole nitrogens is 1. The Kier molecular flexibility index (Phi) is 4.08. The molecule has 7 heteroatoms. The van der Waals surface area contributed by atoms with Gasteiger partial charge in [-0.3, -0.25) is 0 Å². The standard InChI is InChI=1S/C16H14N4O2S/c1-21-11-6-4-5-10(14(11)22-2)13-12-9(7-17)8-18-15(12)20-16(19-13)23-3/h4-6,8H,1-3H3,(H,18,19,20). The van der Waals surface area contributed by atoms with Gasteiger partial charge in [-0.25, -0.2) is 9.97 Å². The van der Waals surface area contributed by atoms with E-state index in [2.05, 4.69) is 21.0 Å². The lowest BCUT2D eigenvalue weighted by molar-refractivity contribution is 0.356. The molecule has 3 aromatic rings. The molecule has 2 aromatic heterocycles. The second-order valence-corrected chi connectivity index (χ2v) is 5.41. The van der Waals surface area contributed by atoms with Crippen LogP contribution >= 0.6 is 11.8 Å². The van der Waals surface area contributed by atoms with Gasteiger partial charge in [0.25, 0.3) is 0 Å².